The Labute approximate surface area is 169 Å². The van der Waals surface area contributed by atoms with Gasteiger partial charge in [-0.3, -0.25) is 14.4 Å². The summed E-state index contributed by atoms with van der Waals surface area (Å²) < 4.78 is 7.56. The summed E-state index contributed by atoms with van der Waals surface area (Å²) in [5.74, 6) is -0.134. The number of hydrogen-bond acceptors (Lipinski definition) is 4. The van der Waals surface area contributed by atoms with Gasteiger partial charge in [0.15, 0.2) is 12.0 Å². The second kappa shape index (κ2) is 9.01. The molecule has 0 aliphatic carbocycles. The minimum atomic E-state index is -0.509. The van der Waals surface area contributed by atoms with Gasteiger partial charge in [0.05, 0.1) is 11.9 Å². The third-order valence-corrected chi connectivity index (χ3v) is 4.50. The van der Waals surface area contributed by atoms with Crippen molar-refractivity contribution in [2.24, 2.45) is 0 Å². The zero-order valence-electron chi connectivity index (χ0n) is 16.3. The molecule has 6 heteroatoms. The minimum absolute atomic E-state index is 0.0693. The van der Waals surface area contributed by atoms with E-state index in [0.29, 0.717) is 6.29 Å². The molecule has 0 bridgehead atoms. The van der Waals surface area contributed by atoms with Gasteiger partial charge in [0.25, 0.3) is 0 Å². The molecule has 29 heavy (non-hydrogen) atoms. The van der Waals surface area contributed by atoms with Crippen molar-refractivity contribution < 1.29 is 14.3 Å². The maximum Gasteiger partial charge on any atom is 0.241 e. The van der Waals surface area contributed by atoms with Crippen molar-refractivity contribution in [2.45, 2.75) is 12.6 Å². The van der Waals surface area contributed by atoms with Crippen LogP contribution in [0, 0.1) is 0 Å². The molecule has 6 nitrogen and oxygen atoms in total. The van der Waals surface area contributed by atoms with Crippen LogP contribution in [0.15, 0.2) is 77.7 Å². The molecule has 148 valence electrons. The van der Waals surface area contributed by atoms with E-state index >= 15 is 0 Å². The Hall–Kier alpha value is -3.67. The lowest BCUT2D eigenvalue weighted by Crippen LogP contribution is -2.28. The van der Waals surface area contributed by atoms with Crippen molar-refractivity contribution in [3.8, 4) is 5.75 Å². The Kier molecular flexibility index (Phi) is 6.24. The number of amides is 1. The lowest BCUT2D eigenvalue weighted by Gasteiger charge is -2.21. The van der Waals surface area contributed by atoms with E-state index in [1.165, 1.54) is 21.7 Å². The molecule has 0 unspecified atom stereocenters. The monoisotopic (exact) mass is 390 g/mol. The van der Waals surface area contributed by atoms with Crippen LogP contribution >= 0.6 is 0 Å². The molecular weight excluding hydrogens is 368 g/mol. The van der Waals surface area contributed by atoms with E-state index in [0.717, 1.165) is 11.1 Å². The van der Waals surface area contributed by atoms with Gasteiger partial charge in [-0.2, -0.15) is 0 Å². The molecule has 2 aromatic carbocycles. The molecule has 0 fully saturated rings. The van der Waals surface area contributed by atoms with Crippen molar-refractivity contribution >= 4 is 12.2 Å². The van der Waals surface area contributed by atoms with Gasteiger partial charge in [-0.1, -0.05) is 60.7 Å². The fraction of sp³-hybridized carbons (Fsp3) is 0.174. The Morgan fingerprint density at radius 3 is 2.07 bits per heavy atom. The van der Waals surface area contributed by atoms with Crippen molar-refractivity contribution in [3.05, 3.63) is 100.0 Å². The predicted molar refractivity (Wildman–Crippen MR) is 110 cm³/mol. The van der Waals surface area contributed by atoms with Gasteiger partial charge in [-0.15, -0.1) is 0 Å². The zero-order chi connectivity index (χ0) is 20.8. The zero-order valence-corrected chi connectivity index (χ0v) is 16.3. The molecule has 0 saturated carbocycles. The van der Waals surface area contributed by atoms with Gasteiger partial charge in [0, 0.05) is 20.2 Å². The van der Waals surface area contributed by atoms with Crippen LogP contribution in [0.5, 0.6) is 5.75 Å². The highest BCUT2D eigenvalue weighted by Gasteiger charge is 2.19. The number of nitrogens with zero attached hydrogens (tertiary/aromatic N) is 2. The van der Waals surface area contributed by atoms with E-state index in [4.69, 9.17) is 4.74 Å². The molecule has 3 aromatic rings. The van der Waals surface area contributed by atoms with E-state index in [1.807, 2.05) is 60.7 Å². The summed E-state index contributed by atoms with van der Waals surface area (Å²) in [7, 11) is 3.26. The maximum atomic E-state index is 12.6. The van der Waals surface area contributed by atoms with Crippen LogP contribution < -0.4 is 10.2 Å². The molecule has 0 spiro atoms. The standard InChI is InChI=1S/C23H22N2O4/c1-24(2)22(28)15-25-14-21(20(27)13-19(25)16-26)29-23(17-9-5-3-6-10-17)18-11-7-4-8-12-18/h3-14,16,23H,15H2,1-2H3. The minimum Gasteiger partial charge on any atom is -0.475 e. The van der Waals surface area contributed by atoms with E-state index < -0.39 is 11.5 Å². The van der Waals surface area contributed by atoms with Crippen molar-refractivity contribution in [1.29, 1.82) is 0 Å². The first-order valence-corrected chi connectivity index (χ1v) is 9.16. The van der Waals surface area contributed by atoms with Gasteiger partial charge >= 0.3 is 0 Å². The number of carbonyl (C=O) groups is 2. The largest absolute Gasteiger partial charge is 0.475 e. The molecule has 0 atom stereocenters. The van der Waals surface area contributed by atoms with Crippen LogP contribution in [-0.2, 0) is 11.3 Å². The fourth-order valence-corrected chi connectivity index (χ4v) is 2.89. The smallest absolute Gasteiger partial charge is 0.241 e. The number of likely N-dealkylation sites (N-methyl/N-ethyl adjacent to an activating group) is 1. The van der Waals surface area contributed by atoms with Gasteiger partial charge < -0.3 is 14.2 Å². The summed E-state index contributed by atoms with van der Waals surface area (Å²) in [6, 6.07) is 20.3. The average molecular weight is 390 g/mol. The second-order valence-electron chi connectivity index (χ2n) is 6.78. The topological polar surface area (TPSA) is 68.6 Å². The highest BCUT2D eigenvalue weighted by Crippen LogP contribution is 2.27. The summed E-state index contributed by atoms with van der Waals surface area (Å²) in [6.07, 6.45) is 1.47. The molecule has 1 heterocycles. The predicted octanol–water partition coefficient (Wildman–Crippen LogP) is 2.92. The third-order valence-electron chi connectivity index (χ3n) is 4.50. The van der Waals surface area contributed by atoms with Crippen molar-refractivity contribution in [2.75, 3.05) is 14.1 Å². The van der Waals surface area contributed by atoms with Crippen LogP contribution in [0.1, 0.15) is 27.7 Å². The number of aromatic nitrogens is 1. The van der Waals surface area contributed by atoms with E-state index in [2.05, 4.69) is 0 Å². The van der Waals surface area contributed by atoms with E-state index in [-0.39, 0.29) is 23.9 Å². The molecule has 0 aliphatic heterocycles. The maximum absolute atomic E-state index is 12.6. The van der Waals surface area contributed by atoms with Crippen LogP contribution in [0.2, 0.25) is 0 Å². The summed E-state index contributed by atoms with van der Waals surface area (Å²) in [5.41, 5.74) is 1.47. The van der Waals surface area contributed by atoms with Gasteiger partial charge in [-0.05, 0) is 11.1 Å². The number of carbonyl (C=O) groups excluding carboxylic acids is 2. The van der Waals surface area contributed by atoms with Gasteiger partial charge in [-0.25, -0.2) is 0 Å². The molecule has 1 amide bonds. The van der Waals surface area contributed by atoms with Crippen molar-refractivity contribution in [3.63, 3.8) is 0 Å². The van der Waals surface area contributed by atoms with Crippen molar-refractivity contribution in [1.82, 2.24) is 9.47 Å². The molecule has 0 radical (unpaired) electrons. The first-order chi connectivity index (χ1) is 14.0. The quantitative estimate of drug-likeness (QED) is 0.582. The highest BCUT2D eigenvalue weighted by atomic mass is 16.5. The second-order valence-corrected chi connectivity index (χ2v) is 6.78. The SMILES string of the molecule is CN(C)C(=O)Cn1cc(OC(c2ccccc2)c2ccccc2)c(=O)cc1C=O. The van der Waals surface area contributed by atoms with Crippen LogP contribution in [0.4, 0.5) is 0 Å². The Morgan fingerprint density at radius 2 is 1.59 bits per heavy atom. The summed E-state index contributed by atoms with van der Waals surface area (Å²) >= 11 is 0. The lowest BCUT2D eigenvalue weighted by atomic mass is 10.0. The molecule has 0 saturated heterocycles. The van der Waals surface area contributed by atoms with Gasteiger partial charge in [0.1, 0.15) is 12.6 Å². The normalized spacial score (nSPS) is 10.6. The summed E-state index contributed by atoms with van der Waals surface area (Å²) in [5, 5.41) is 0. The highest BCUT2D eigenvalue weighted by molar-refractivity contribution is 5.78. The third kappa shape index (κ3) is 4.79. The fourth-order valence-electron chi connectivity index (χ4n) is 2.89. The Balaban J connectivity index is 2.02. The van der Waals surface area contributed by atoms with E-state index in [9.17, 15) is 14.4 Å². The van der Waals surface area contributed by atoms with Gasteiger partial charge in [0.2, 0.25) is 11.3 Å². The molecule has 0 aliphatic rings. The number of benzene rings is 2. The molecule has 1 aromatic heterocycles. The molecular formula is C23H22N2O4. The van der Waals surface area contributed by atoms with Crippen LogP contribution in [-0.4, -0.2) is 35.8 Å². The molecule has 3 rings (SSSR count). The Bertz CT molecular complexity index is 1000. The first-order valence-electron chi connectivity index (χ1n) is 9.16. The number of rotatable bonds is 7. The summed E-state index contributed by atoms with van der Waals surface area (Å²) in [6.45, 7) is -0.0704. The number of hydrogen-bond donors (Lipinski definition) is 0. The lowest BCUT2D eigenvalue weighted by molar-refractivity contribution is -0.129. The Morgan fingerprint density at radius 1 is 1.03 bits per heavy atom. The summed E-state index contributed by atoms with van der Waals surface area (Å²) in [4.78, 5) is 37.5. The molecule has 0 N–H and O–H groups in total. The van der Waals surface area contributed by atoms with E-state index in [1.54, 1.807) is 14.1 Å². The van der Waals surface area contributed by atoms with Crippen LogP contribution in [0.3, 0.4) is 0 Å². The number of pyridine rings is 1. The number of ether oxygens (including phenoxy) is 1. The average Bonchev–Trinajstić information content (AvgIpc) is 2.74. The first kappa shape index (κ1) is 20.1. The number of aldehydes is 1. The van der Waals surface area contributed by atoms with Crippen LogP contribution in [0.25, 0.3) is 0 Å².